The molecule has 0 radical (unpaired) electrons. The van der Waals surface area contributed by atoms with E-state index in [2.05, 4.69) is 25.5 Å². The molecule has 6 heteroatoms. The van der Waals surface area contributed by atoms with E-state index in [0.29, 0.717) is 6.42 Å². The van der Waals surface area contributed by atoms with Gasteiger partial charge in [-0.05, 0) is 50.5 Å². The number of aromatic nitrogens is 2. The minimum absolute atomic E-state index is 0.0123. The number of aryl methyl sites for hydroxylation is 1. The van der Waals surface area contributed by atoms with E-state index in [4.69, 9.17) is 0 Å². The molecule has 0 unspecified atom stereocenters. The Balaban J connectivity index is 1.71. The topological polar surface area (TPSA) is 70.2 Å². The SMILES string of the molecule is CCC(=O)Nc1ccc(Nc2cc(N3CCCCC3)nc(C)n2)cc1. The van der Waals surface area contributed by atoms with Gasteiger partial charge in [0.15, 0.2) is 0 Å². The van der Waals surface area contributed by atoms with Gasteiger partial charge in [0.2, 0.25) is 5.91 Å². The Hall–Kier alpha value is -2.63. The summed E-state index contributed by atoms with van der Waals surface area (Å²) in [5.74, 6) is 2.55. The maximum atomic E-state index is 11.4. The second kappa shape index (κ2) is 7.96. The van der Waals surface area contributed by atoms with E-state index in [1.807, 2.05) is 44.2 Å². The van der Waals surface area contributed by atoms with Gasteiger partial charge in [0.1, 0.15) is 17.5 Å². The van der Waals surface area contributed by atoms with Crippen LogP contribution >= 0.6 is 0 Å². The Morgan fingerprint density at radius 1 is 1.08 bits per heavy atom. The molecule has 1 fully saturated rings. The van der Waals surface area contributed by atoms with Crippen molar-refractivity contribution in [3.63, 3.8) is 0 Å². The highest BCUT2D eigenvalue weighted by atomic mass is 16.1. The normalized spacial score (nSPS) is 14.2. The second-order valence-corrected chi connectivity index (χ2v) is 6.31. The third kappa shape index (κ3) is 4.68. The van der Waals surface area contributed by atoms with Crippen molar-refractivity contribution in [3.8, 4) is 0 Å². The highest BCUT2D eigenvalue weighted by Gasteiger charge is 2.14. The van der Waals surface area contributed by atoms with Crippen LogP contribution in [0.15, 0.2) is 30.3 Å². The molecule has 2 aromatic rings. The minimum atomic E-state index is 0.0123. The van der Waals surface area contributed by atoms with E-state index in [9.17, 15) is 4.79 Å². The fourth-order valence-electron chi connectivity index (χ4n) is 2.94. The molecule has 0 bridgehead atoms. The third-order valence-corrected chi connectivity index (χ3v) is 4.27. The summed E-state index contributed by atoms with van der Waals surface area (Å²) < 4.78 is 0. The number of nitrogens with one attached hydrogen (secondary N) is 2. The summed E-state index contributed by atoms with van der Waals surface area (Å²) in [6.45, 7) is 5.87. The number of carbonyl (C=O) groups excluding carboxylic acids is 1. The highest BCUT2D eigenvalue weighted by Crippen LogP contribution is 2.23. The molecule has 1 aliphatic rings. The van der Waals surface area contributed by atoms with Crippen LogP contribution in [0.25, 0.3) is 0 Å². The Morgan fingerprint density at radius 3 is 2.44 bits per heavy atom. The maximum Gasteiger partial charge on any atom is 0.224 e. The van der Waals surface area contributed by atoms with Gasteiger partial charge in [-0.1, -0.05) is 6.92 Å². The highest BCUT2D eigenvalue weighted by molar-refractivity contribution is 5.90. The first-order valence-corrected chi connectivity index (χ1v) is 8.91. The number of carbonyl (C=O) groups is 1. The molecule has 2 N–H and O–H groups in total. The average Bonchev–Trinajstić information content (AvgIpc) is 2.63. The van der Waals surface area contributed by atoms with Crippen molar-refractivity contribution in [2.45, 2.75) is 39.5 Å². The molecule has 1 aromatic carbocycles. The number of hydrogen-bond donors (Lipinski definition) is 2. The molecular formula is C19H25N5O. The number of nitrogens with zero attached hydrogens (tertiary/aromatic N) is 3. The van der Waals surface area contributed by atoms with E-state index >= 15 is 0 Å². The summed E-state index contributed by atoms with van der Waals surface area (Å²) in [4.78, 5) is 22.8. The van der Waals surface area contributed by atoms with Crippen LogP contribution in [0.3, 0.4) is 0 Å². The maximum absolute atomic E-state index is 11.4. The smallest absolute Gasteiger partial charge is 0.224 e. The van der Waals surface area contributed by atoms with E-state index in [0.717, 1.165) is 41.9 Å². The van der Waals surface area contributed by atoms with E-state index in [1.165, 1.54) is 19.3 Å². The average molecular weight is 339 g/mol. The van der Waals surface area contributed by atoms with Crippen LogP contribution in [-0.2, 0) is 4.79 Å². The molecule has 1 saturated heterocycles. The van der Waals surface area contributed by atoms with Crippen molar-refractivity contribution in [2.75, 3.05) is 28.6 Å². The summed E-state index contributed by atoms with van der Waals surface area (Å²) in [6, 6.07) is 9.64. The molecule has 3 rings (SSSR count). The largest absolute Gasteiger partial charge is 0.356 e. The lowest BCUT2D eigenvalue weighted by Crippen LogP contribution is -2.30. The first-order valence-electron chi connectivity index (χ1n) is 8.91. The number of anilines is 4. The Labute approximate surface area is 148 Å². The number of rotatable bonds is 5. The van der Waals surface area contributed by atoms with E-state index in [-0.39, 0.29) is 5.91 Å². The van der Waals surface area contributed by atoms with Crippen LogP contribution in [0.2, 0.25) is 0 Å². The van der Waals surface area contributed by atoms with Crippen LogP contribution in [0.1, 0.15) is 38.4 Å². The molecule has 0 saturated carbocycles. The number of benzene rings is 1. The van der Waals surface area contributed by atoms with Gasteiger partial charge in [-0.25, -0.2) is 9.97 Å². The Kier molecular flexibility index (Phi) is 5.48. The van der Waals surface area contributed by atoms with Gasteiger partial charge in [0.25, 0.3) is 0 Å². The lowest BCUT2D eigenvalue weighted by atomic mass is 10.1. The fraction of sp³-hybridized carbons (Fsp3) is 0.421. The summed E-state index contributed by atoms with van der Waals surface area (Å²) in [5.41, 5.74) is 1.72. The first kappa shape index (κ1) is 17.2. The summed E-state index contributed by atoms with van der Waals surface area (Å²) in [6.07, 6.45) is 4.21. The van der Waals surface area contributed by atoms with Crippen molar-refractivity contribution in [2.24, 2.45) is 0 Å². The zero-order valence-corrected chi connectivity index (χ0v) is 14.9. The van der Waals surface area contributed by atoms with Crippen molar-refractivity contribution in [3.05, 3.63) is 36.2 Å². The molecule has 1 aliphatic heterocycles. The Bertz CT molecular complexity index is 723. The van der Waals surface area contributed by atoms with Crippen molar-refractivity contribution < 1.29 is 4.79 Å². The second-order valence-electron chi connectivity index (χ2n) is 6.31. The molecule has 132 valence electrons. The molecule has 2 heterocycles. The lowest BCUT2D eigenvalue weighted by molar-refractivity contribution is -0.115. The molecule has 25 heavy (non-hydrogen) atoms. The summed E-state index contributed by atoms with van der Waals surface area (Å²) in [7, 11) is 0. The standard InChI is InChI=1S/C19H25N5O/c1-3-19(25)23-16-9-7-15(8-10-16)22-17-13-18(21-14(2)20-17)24-11-5-4-6-12-24/h7-10,13H,3-6,11-12H2,1-2H3,(H,23,25)(H,20,21,22). The molecule has 6 nitrogen and oxygen atoms in total. The third-order valence-electron chi connectivity index (χ3n) is 4.27. The van der Waals surface area contributed by atoms with Gasteiger partial charge in [-0.2, -0.15) is 0 Å². The molecule has 0 spiro atoms. The van der Waals surface area contributed by atoms with Crippen LogP contribution in [0.4, 0.5) is 23.0 Å². The quantitative estimate of drug-likeness (QED) is 0.865. The van der Waals surface area contributed by atoms with E-state index < -0.39 is 0 Å². The van der Waals surface area contributed by atoms with Gasteiger partial charge in [-0.3, -0.25) is 4.79 Å². The van der Waals surface area contributed by atoms with Gasteiger partial charge in [0, 0.05) is 37.0 Å². The fourth-order valence-corrected chi connectivity index (χ4v) is 2.94. The van der Waals surface area contributed by atoms with Gasteiger partial charge in [-0.15, -0.1) is 0 Å². The van der Waals surface area contributed by atoms with Crippen LogP contribution in [0, 0.1) is 6.92 Å². The van der Waals surface area contributed by atoms with Crippen LogP contribution in [-0.4, -0.2) is 29.0 Å². The van der Waals surface area contributed by atoms with Gasteiger partial charge < -0.3 is 15.5 Å². The Morgan fingerprint density at radius 2 is 1.76 bits per heavy atom. The molecule has 1 aromatic heterocycles. The number of hydrogen-bond acceptors (Lipinski definition) is 5. The van der Waals surface area contributed by atoms with Crippen molar-refractivity contribution >= 4 is 28.9 Å². The molecule has 1 amide bonds. The summed E-state index contributed by atoms with van der Waals surface area (Å²) >= 11 is 0. The van der Waals surface area contributed by atoms with Crippen molar-refractivity contribution in [1.82, 2.24) is 9.97 Å². The van der Waals surface area contributed by atoms with Gasteiger partial charge in [0.05, 0.1) is 0 Å². The predicted octanol–water partition coefficient (Wildman–Crippen LogP) is 3.87. The zero-order chi connectivity index (χ0) is 17.6. The first-order chi connectivity index (χ1) is 12.1. The van der Waals surface area contributed by atoms with Crippen LogP contribution < -0.4 is 15.5 Å². The minimum Gasteiger partial charge on any atom is -0.356 e. The monoisotopic (exact) mass is 339 g/mol. The van der Waals surface area contributed by atoms with E-state index in [1.54, 1.807) is 0 Å². The van der Waals surface area contributed by atoms with Gasteiger partial charge >= 0.3 is 0 Å². The predicted molar refractivity (Wildman–Crippen MR) is 101 cm³/mol. The van der Waals surface area contributed by atoms with Crippen molar-refractivity contribution in [1.29, 1.82) is 0 Å². The molecule has 0 atom stereocenters. The molecule has 0 aliphatic carbocycles. The number of piperidine rings is 1. The summed E-state index contributed by atoms with van der Waals surface area (Å²) in [5, 5.41) is 6.17. The molecular weight excluding hydrogens is 314 g/mol. The lowest BCUT2D eigenvalue weighted by Gasteiger charge is -2.28. The van der Waals surface area contributed by atoms with Crippen LogP contribution in [0.5, 0.6) is 0 Å². The zero-order valence-electron chi connectivity index (χ0n) is 14.9. The number of amides is 1.